The number of aryl methyl sites for hydroxylation is 1. The lowest BCUT2D eigenvalue weighted by atomic mass is 9.97. The number of para-hydroxylation sites is 1. The third-order valence-electron chi connectivity index (χ3n) is 6.84. The Bertz CT molecular complexity index is 1640. The maximum Gasteiger partial charge on any atom is 0.331 e. The van der Waals surface area contributed by atoms with Crippen LogP contribution >= 0.6 is 0 Å². The summed E-state index contributed by atoms with van der Waals surface area (Å²) in [5.41, 5.74) is 0.976. The monoisotopic (exact) mass is 490 g/mol. The average Bonchev–Trinajstić information content (AvgIpc) is 3.24. The van der Waals surface area contributed by atoms with Crippen molar-refractivity contribution in [1.29, 1.82) is 0 Å². The second kappa shape index (κ2) is 8.20. The van der Waals surface area contributed by atoms with E-state index in [0.29, 0.717) is 33.6 Å². The van der Waals surface area contributed by atoms with Gasteiger partial charge in [-0.1, -0.05) is 12.1 Å². The van der Waals surface area contributed by atoms with Crippen LogP contribution in [0.3, 0.4) is 0 Å². The molecule has 0 saturated heterocycles. The number of ether oxygens (including phenoxy) is 2. The summed E-state index contributed by atoms with van der Waals surface area (Å²) in [6.45, 7) is 4.18. The molecule has 5 rings (SSSR count). The Morgan fingerprint density at radius 2 is 1.72 bits per heavy atom. The molecule has 10 nitrogen and oxygen atoms in total. The van der Waals surface area contributed by atoms with Crippen molar-refractivity contribution in [2.24, 2.45) is 14.1 Å². The van der Waals surface area contributed by atoms with Gasteiger partial charge < -0.3 is 14.0 Å². The fourth-order valence-corrected chi connectivity index (χ4v) is 5.13. The van der Waals surface area contributed by atoms with E-state index in [0.717, 1.165) is 10.1 Å². The van der Waals surface area contributed by atoms with E-state index in [-0.39, 0.29) is 12.3 Å². The molecule has 0 amide bonds. The largest absolute Gasteiger partial charge is 0.497 e. The molecule has 2 aromatic heterocycles. The molecule has 10 heteroatoms. The van der Waals surface area contributed by atoms with Crippen molar-refractivity contribution in [3.63, 3.8) is 0 Å². The number of nitrogens with zero attached hydrogens (tertiary/aromatic N) is 4. The zero-order valence-corrected chi connectivity index (χ0v) is 20.6. The molecule has 0 radical (unpaired) electrons. The van der Waals surface area contributed by atoms with Gasteiger partial charge >= 0.3 is 5.69 Å². The Morgan fingerprint density at radius 1 is 1.06 bits per heavy atom. The van der Waals surface area contributed by atoms with Crippen LogP contribution in [0.15, 0.2) is 58.1 Å². The zero-order chi connectivity index (χ0) is 25.9. The van der Waals surface area contributed by atoms with Crippen LogP contribution in [0.4, 0.5) is 5.69 Å². The van der Waals surface area contributed by atoms with Crippen molar-refractivity contribution in [3.8, 4) is 17.0 Å². The molecule has 36 heavy (non-hydrogen) atoms. The van der Waals surface area contributed by atoms with Gasteiger partial charge in [0.25, 0.3) is 11.2 Å². The number of benzene rings is 2. The molecule has 0 fully saturated rings. The number of nitro benzene ring substituents is 1. The van der Waals surface area contributed by atoms with E-state index in [1.54, 1.807) is 44.5 Å². The summed E-state index contributed by atoms with van der Waals surface area (Å²) >= 11 is 0. The molecule has 4 aromatic rings. The van der Waals surface area contributed by atoms with Gasteiger partial charge in [0.2, 0.25) is 0 Å². The van der Waals surface area contributed by atoms with Gasteiger partial charge in [-0.3, -0.25) is 24.0 Å². The maximum absolute atomic E-state index is 13.6. The van der Waals surface area contributed by atoms with Crippen LogP contribution in [-0.4, -0.2) is 32.3 Å². The number of fused-ring (bicyclic) bond motifs is 3. The lowest BCUT2D eigenvalue weighted by Gasteiger charge is -2.39. The predicted molar refractivity (Wildman–Crippen MR) is 135 cm³/mol. The first-order valence-electron chi connectivity index (χ1n) is 11.4. The number of hydrogen-bond donors (Lipinski definition) is 0. The van der Waals surface area contributed by atoms with Crippen molar-refractivity contribution >= 4 is 16.6 Å². The number of nitro groups is 1. The van der Waals surface area contributed by atoms with Crippen LogP contribution in [-0.2, 0) is 24.4 Å². The van der Waals surface area contributed by atoms with E-state index < -0.39 is 27.8 Å². The molecular weight excluding hydrogens is 464 g/mol. The highest BCUT2D eigenvalue weighted by molar-refractivity contribution is 5.97. The van der Waals surface area contributed by atoms with E-state index in [4.69, 9.17) is 9.47 Å². The van der Waals surface area contributed by atoms with E-state index >= 15 is 0 Å². The highest BCUT2D eigenvalue weighted by Crippen LogP contribution is 2.47. The van der Waals surface area contributed by atoms with Crippen LogP contribution in [0.2, 0.25) is 0 Å². The highest BCUT2D eigenvalue weighted by Gasteiger charge is 2.42. The van der Waals surface area contributed by atoms with Gasteiger partial charge in [-0.05, 0) is 49.7 Å². The Hall–Kier alpha value is -4.18. The normalized spacial score (nSPS) is 16.6. The van der Waals surface area contributed by atoms with Gasteiger partial charge in [0, 0.05) is 20.2 Å². The molecule has 1 aliphatic rings. The predicted octanol–water partition coefficient (Wildman–Crippen LogP) is 3.48. The first-order chi connectivity index (χ1) is 17.1. The Kier molecular flexibility index (Phi) is 5.36. The lowest BCUT2D eigenvalue weighted by Crippen LogP contribution is -2.40. The molecule has 0 bridgehead atoms. The molecule has 186 valence electrons. The third-order valence-corrected chi connectivity index (χ3v) is 6.84. The van der Waals surface area contributed by atoms with Gasteiger partial charge in [0.1, 0.15) is 11.9 Å². The average molecular weight is 491 g/mol. The molecule has 0 spiro atoms. The molecule has 3 heterocycles. The molecule has 1 aliphatic heterocycles. The minimum Gasteiger partial charge on any atom is -0.497 e. The second-order valence-corrected chi connectivity index (χ2v) is 9.55. The topological polar surface area (TPSA) is 111 Å². The van der Waals surface area contributed by atoms with Crippen molar-refractivity contribution in [2.45, 2.75) is 25.5 Å². The Balaban J connectivity index is 1.99. The molecule has 2 aromatic carbocycles. The van der Waals surface area contributed by atoms with Gasteiger partial charge in [-0.15, -0.1) is 0 Å². The van der Waals surface area contributed by atoms with Crippen LogP contribution in [0.25, 0.3) is 22.2 Å². The van der Waals surface area contributed by atoms with Crippen LogP contribution in [0.1, 0.15) is 31.2 Å². The molecule has 1 atom stereocenters. The minimum absolute atomic E-state index is 0.0945. The number of hydrogen-bond acceptors (Lipinski definition) is 6. The standard InChI is InChI=1S/C26H26N4O6/c1-26(2)14-36-23(17-8-6-7-9-18(17)30(33)34)22-21-19(24(31)28(4)25(32)27(21)3)20(29(22)26)15-10-12-16(35-5)13-11-15/h6-13,23H,14H2,1-5H3/t23-/m1/s1. The molecular formula is C26H26N4O6. The molecule has 0 aliphatic carbocycles. The smallest absolute Gasteiger partial charge is 0.331 e. The van der Waals surface area contributed by atoms with Gasteiger partial charge in [-0.25, -0.2) is 4.79 Å². The molecule has 0 unspecified atom stereocenters. The quantitative estimate of drug-likeness (QED) is 0.320. The Morgan fingerprint density at radius 3 is 2.36 bits per heavy atom. The number of aromatic nitrogens is 3. The SMILES string of the molecule is COc1ccc(-c2c3c(=O)n(C)c(=O)n(C)c3c3n2C(C)(C)CO[C@@H]3c2ccccc2[N+](=O)[O-])cc1. The summed E-state index contributed by atoms with van der Waals surface area (Å²) in [6.07, 6.45) is -0.869. The molecule has 0 N–H and O–H groups in total. The maximum atomic E-state index is 13.6. The van der Waals surface area contributed by atoms with Gasteiger partial charge in [0.15, 0.2) is 0 Å². The molecule has 0 saturated carbocycles. The van der Waals surface area contributed by atoms with E-state index in [2.05, 4.69) is 0 Å². The minimum atomic E-state index is -0.869. The summed E-state index contributed by atoms with van der Waals surface area (Å²) in [5.74, 6) is 0.661. The van der Waals surface area contributed by atoms with Crippen LogP contribution in [0.5, 0.6) is 5.75 Å². The summed E-state index contributed by atoms with van der Waals surface area (Å²) < 4.78 is 16.1. The summed E-state index contributed by atoms with van der Waals surface area (Å²) in [4.78, 5) is 38.1. The van der Waals surface area contributed by atoms with Crippen molar-refractivity contribution in [3.05, 3.63) is 90.7 Å². The number of methoxy groups -OCH3 is 1. The van der Waals surface area contributed by atoms with Crippen molar-refractivity contribution < 1.29 is 14.4 Å². The second-order valence-electron chi connectivity index (χ2n) is 9.55. The van der Waals surface area contributed by atoms with Crippen LogP contribution < -0.4 is 16.0 Å². The van der Waals surface area contributed by atoms with Gasteiger partial charge in [0.05, 0.1) is 52.0 Å². The fourth-order valence-electron chi connectivity index (χ4n) is 5.13. The van der Waals surface area contributed by atoms with Crippen LogP contribution in [0, 0.1) is 10.1 Å². The van der Waals surface area contributed by atoms with E-state index in [1.807, 2.05) is 30.5 Å². The summed E-state index contributed by atoms with van der Waals surface area (Å²) in [7, 11) is 4.62. The highest BCUT2D eigenvalue weighted by atomic mass is 16.6. The van der Waals surface area contributed by atoms with Crippen molar-refractivity contribution in [2.75, 3.05) is 13.7 Å². The third kappa shape index (κ3) is 3.29. The van der Waals surface area contributed by atoms with Gasteiger partial charge in [-0.2, -0.15) is 0 Å². The van der Waals surface area contributed by atoms with E-state index in [9.17, 15) is 19.7 Å². The first kappa shape index (κ1) is 23.6. The first-order valence-corrected chi connectivity index (χ1v) is 11.4. The lowest BCUT2D eigenvalue weighted by molar-refractivity contribution is -0.386. The summed E-state index contributed by atoms with van der Waals surface area (Å²) in [6, 6.07) is 13.7. The van der Waals surface area contributed by atoms with E-state index in [1.165, 1.54) is 17.7 Å². The Labute approximate surface area is 206 Å². The summed E-state index contributed by atoms with van der Waals surface area (Å²) in [5, 5.41) is 12.2. The zero-order valence-electron chi connectivity index (χ0n) is 20.6. The number of rotatable bonds is 4. The fraction of sp³-hybridized carbons (Fsp3) is 0.308. The van der Waals surface area contributed by atoms with Crippen molar-refractivity contribution in [1.82, 2.24) is 13.7 Å².